The van der Waals surface area contributed by atoms with Crippen molar-refractivity contribution in [3.05, 3.63) is 35.9 Å². The molecular formula is C25H39N3O2. The number of likely N-dealkylation sites (tertiary alicyclic amines) is 2. The first-order valence-corrected chi connectivity index (χ1v) is 11.7. The lowest BCUT2D eigenvalue weighted by Crippen LogP contribution is -2.51. The number of carbonyl (C=O) groups excluding carboxylic acids is 2. The summed E-state index contributed by atoms with van der Waals surface area (Å²) in [4.78, 5) is 29.8. The molecule has 0 saturated carbocycles. The van der Waals surface area contributed by atoms with E-state index < -0.39 is 0 Å². The normalized spacial score (nSPS) is 21.4. The molecule has 30 heavy (non-hydrogen) atoms. The van der Waals surface area contributed by atoms with Gasteiger partial charge >= 0.3 is 0 Å². The van der Waals surface area contributed by atoms with Gasteiger partial charge in [-0.25, -0.2) is 0 Å². The number of carbonyl (C=O) groups is 2. The van der Waals surface area contributed by atoms with Crippen molar-refractivity contribution in [2.75, 3.05) is 32.7 Å². The molecule has 1 atom stereocenters. The third-order valence-electron chi connectivity index (χ3n) is 6.39. The second kappa shape index (κ2) is 10.4. The number of nitrogens with zero attached hydrogens (tertiary/aromatic N) is 2. The van der Waals surface area contributed by atoms with Crippen LogP contribution in [0.2, 0.25) is 0 Å². The minimum atomic E-state index is 0.0435. The topological polar surface area (TPSA) is 52.7 Å². The Morgan fingerprint density at radius 3 is 2.40 bits per heavy atom. The molecule has 5 nitrogen and oxygen atoms in total. The second-order valence-corrected chi connectivity index (χ2v) is 10.2. The maximum Gasteiger partial charge on any atom is 0.224 e. The summed E-state index contributed by atoms with van der Waals surface area (Å²) in [7, 11) is 0. The van der Waals surface area contributed by atoms with Crippen LogP contribution in [0.5, 0.6) is 0 Å². The van der Waals surface area contributed by atoms with Crippen LogP contribution in [0.3, 0.4) is 0 Å². The minimum absolute atomic E-state index is 0.0435. The molecule has 2 heterocycles. The van der Waals surface area contributed by atoms with E-state index in [1.807, 2.05) is 23.1 Å². The SMILES string of the molecule is CC(C)(C)CC(=O)N1CCC(N2CCCC(C(=O)NCCc3ccccc3)C2)CC1. The molecule has 1 aromatic carbocycles. The highest BCUT2D eigenvalue weighted by Crippen LogP contribution is 2.26. The Bertz CT molecular complexity index is 690. The van der Waals surface area contributed by atoms with Crippen molar-refractivity contribution in [2.24, 2.45) is 11.3 Å². The molecule has 5 heteroatoms. The van der Waals surface area contributed by atoms with Crippen molar-refractivity contribution in [1.29, 1.82) is 0 Å². The molecule has 1 N–H and O–H groups in total. The van der Waals surface area contributed by atoms with Gasteiger partial charge in [0, 0.05) is 38.6 Å². The van der Waals surface area contributed by atoms with Gasteiger partial charge in [-0.3, -0.25) is 14.5 Å². The smallest absolute Gasteiger partial charge is 0.224 e. The number of hydrogen-bond donors (Lipinski definition) is 1. The van der Waals surface area contributed by atoms with Crippen LogP contribution < -0.4 is 5.32 Å². The van der Waals surface area contributed by atoms with E-state index in [0.29, 0.717) is 19.0 Å². The summed E-state index contributed by atoms with van der Waals surface area (Å²) < 4.78 is 0. The molecule has 1 aromatic rings. The lowest BCUT2D eigenvalue weighted by molar-refractivity contribution is -0.134. The van der Waals surface area contributed by atoms with E-state index in [0.717, 1.165) is 58.3 Å². The summed E-state index contributed by atoms with van der Waals surface area (Å²) in [5.74, 6) is 0.582. The molecule has 0 radical (unpaired) electrons. The van der Waals surface area contributed by atoms with Crippen molar-refractivity contribution in [1.82, 2.24) is 15.1 Å². The molecule has 2 amide bonds. The van der Waals surface area contributed by atoms with Gasteiger partial charge in [-0.2, -0.15) is 0 Å². The largest absolute Gasteiger partial charge is 0.355 e. The molecule has 2 aliphatic rings. The van der Waals surface area contributed by atoms with E-state index in [9.17, 15) is 9.59 Å². The molecular weight excluding hydrogens is 374 g/mol. The van der Waals surface area contributed by atoms with E-state index >= 15 is 0 Å². The number of amides is 2. The van der Waals surface area contributed by atoms with Crippen molar-refractivity contribution in [2.45, 2.75) is 65.3 Å². The Morgan fingerprint density at radius 2 is 1.73 bits per heavy atom. The molecule has 0 aliphatic carbocycles. The highest BCUT2D eigenvalue weighted by Gasteiger charge is 2.33. The van der Waals surface area contributed by atoms with Gasteiger partial charge in [0.05, 0.1) is 5.92 Å². The molecule has 166 valence electrons. The average Bonchev–Trinajstić information content (AvgIpc) is 2.73. The summed E-state index contributed by atoms with van der Waals surface area (Å²) in [6.45, 7) is 10.7. The molecule has 3 rings (SSSR count). The summed E-state index contributed by atoms with van der Waals surface area (Å²) >= 11 is 0. The predicted octanol–water partition coefficient (Wildman–Crippen LogP) is 3.48. The summed E-state index contributed by atoms with van der Waals surface area (Å²) in [6.07, 6.45) is 5.61. The van der Waals surface area contributed by atoms with Crippen LogP contribution >= 0.6 is 0 Å². The Labute approximate surface area is 182 Å². The second-order valence-electron chi connectivity index (χ2n) is 10.2. The van der Waals surface area contributed by atoms with Crippen LogP contribution in [0.1, 0.15) is 58.4 Å². The highest BCUT2D eigenvalue weighted by molar-refractivity contribution is 5.79. The number of rotatable bonds is 6. The average molecular weight is 414 g/mol. The van der Waals surface area contributed by atoms with Gasteiger partial charge in [-0.05, 0) is 49.6 Å². The fourth-order valence-corrected chi connectivity index (χ4v) is 4.72. The van der Waals surface area contributed by atoms with Gasteiger partial charge < -0.3 is 10.2 Å². The maximum atomic E-state index is 12.7. The lowest BCUT2D eigenvalue weighted by Gasteiger charge is -2.42. The van der Waals surface area contributed by atoms with Crippen LogP contribution in [0.4, 0.5) is 0 Å². The first-order chi connectivity index (χ1) is 14.3. The minimum Gasteiger partial charge on any atom is -0.355 e. The van der Waals surface area contributed by atoms with E-state index in [4.69, 9.17) is 0 Å². The maximum absolute atomic E-state index is 12.7. The third kappa shape index (κ3) is 6.83. The molecule has 2 saturated heterocycles. The standard InChI is InChI=1S/C25H39N3O2/c1-25(2,3)18-23(29)27-16-12-22(13-17-27)28-15-7-10-21(19-28)24(30)26-14-11-20-8-5-4-6-9-20/h4-6,8-9,21-22H,7,10-19H2,1-3H3,(H,26,30). The van der Waals surface area contributed by atoms with Gasteiger partial charge in [0.2, 0.25) is 11.8 Å². The Hall–Kier alpha value is -1.88. The molecule has 2 aliphatic heterocycles. The zero-order chi connectivity index (χ0) is 21.6. The molecule has 1 unspecified atom stereocenters. The third-order valence-corrected chi connectivity index (χ3v) is 6.39. The van der Waals surface area contributed by atoms with Crippen molar-refractivity contribution in [3.8, 4) is 0 Å². The van der Waals surface area contributed by atoms with Crippen LogP contribution in [-0.4, -0.2) is 60.4 Å². The first-order valence-electron chi connectivity index (χ1n) is 11.7. The van der Waals surface area contributed by atoms with Crippen LogP contribution in [0.15, 0.2) is 30.3 Å². The van der Waals surface area contributed by atoms with Gasteiger partial charge in [0.15, 0.2) is 0 Å². The number of benzene rings is 1. The van der Waals surface area contributed by atoms with E-state index in [1.165, 1.54) is 5.56 Å². The van der Waals surface area contributed by atoms with Crippen LogP contribution in [0, 0.1) is 11.3 Å². The quantitative estimate of drug-likeness (QED) is 0.777. The van der Waals surface area contributed by atoms with Gasteiger partial charge in [-0.1, -0.05) is 51.1 Å². The van der Waals surface area contributed by atoms with Crippen molar-refractivity contribution < 1.29 is 9.59 Å². The Balaban J connectivity index is 1.41. The fourth-order valence-electron chi connectivity index (χ4n) is 4.72. The summed E-state index contributed by atoms with van der Waals surface area (Å²) in [6, 6.07) is 10.8. The van der Waals surface area contributed by atoms with Gasteiger partial charge in [0.1, 0.15) is 0 Å². The summed E-state index contributed by atoms with van der Waals surface area (Å²) in [5, 5.41) is 3.15. The summed E-state index contributed by atoms with van der Waals surface area (Å²) in [5.41, 5.74) is 1.30. The first kappa shape index (κ1) is 22.8. The van der Waals surface area contributed by atoms with E-state index in [-0.39, 0.29) is 23.1 Å². The van der Waals surface area contributed by atoms with E-state index in [1.54, 1.807) is 0 Å². The molecule has 0 bridgehead atoms. The van der Waals surface area contributed by atoms with Crippen LogP contribution in [0.25, 0.3) is 0 Å². The highest BCUT2D eigenvalue weighted by atomic mass is 16.2. The van der Waals surface area contributed by atoms with Gasteiger partial charge in [-0.15, -0.1) is 0 Å². The van der Waals surface area contributed by atoms with Crippen molar-refractivity contribution >= 4 is 11.8 Å². The number of nitrogens with one attached hydrogen (secondary N) is 1. The Morgan fingerprint density at radius 1 is 1.03 bits per heavy atom. The number of hydrogen-bond acceptors (Lipinski definition) is 3. The molecule has 2 fully saturated rings. The number of piperidine rings is 2. The fraction of sp³-hybridized carbons (Fsp3) is 0.680. The zero-order valence-electron chi connectivity index (χ0n) is 19.0. The molecule has 0 aromatic heterocycles. The monoisotopic (exact) mass is 413 g/mol. The lowest BCUT2D eigenvalue weighted by atomic mass is 9.90. The predicted molar refractivity (Wildman–Crippen MR) is 121 cm³/mol. The van der Waals surface area contributed by atoms with Gasteiger partial charge in [0.25, 0.3) is 0 Å². The Kier molecular flexibility index (Phi) is 7.93. The molecule has 0 spiro atoms. The van der Waals surface area contributed by atoms with Crippen LogP contribution in [-0.2, 0) is 16.0 Å². The zero-order valence-corrected chi connectivity index (χ0v) is 19.0. The van der Waals surface area contributed by atoms with Crippen molar-refractivity contribution in [3.63, 3.8) is 0 Å². The van der Waals surface area contributed by atoms with E-state index in [2.05, 4.69) is 43.1 Å².